The maximum absolute atomic E-state index is 13.3. The summed E-state index contributed by atoms with van der Waals surface area (Å²) in [7, 11) is 1.90. The van der Waals surface area contributed by atoms with Crippen LogP contribution in [0.15, 0.2) is 18.2 Å². The van der Waals surface area contributed by atoms with Gasteiger partial charge in [-0.2, -0.15) is 0 Å². The van der Waals surface area contributed by atoms with Crippen LogP contribution in [0.25, 0.3) is 0 Å². The molecule has 1 aromatic carbocycles. The SMILES string of the molecule is CNCc1cc(F)ccc1N1CC(C)CC(C)C1. The zero-order valence-corrected chi connectivity index (χ0v) is 11.5. The maximum Gasteiger partial charge on any atom is 0.123 e. The summed E-state index contributed by atoms with van der Waals surface area (Å²) >= 11 is 0. The number of halogens is 1. The van der Waals surface area contributed by atoms with Crippen molar-refractivity contribution in [2.75, 3.05) is 25.0 Å². The number of hydrogen-bond acceptors (Lipinski definition) is 2. The molecule has 2 nitrogen and oxygen atoms in total. The van der Waals surface area contributed by atoms with Crippen molar-refractivity contribution < 1.29 is 4.39 Å². The minimum atomic E-state index is -0.151. The third-order valence-corrected chi connectivity index (χ3v) is 3.62. The normalized spacial score (nSPS) is 24.3. The van der Waals surface area contributed by atoms with Gasteiger partial charge in [-0.05, 0) is 49.1 Å². The first-order valence-corrected chi connectivity index (χ1v) is 6.78. The molecular formula is C15H23FN2. The Morgan fingerprint density at radius 3 is 2.56 bits per heavy atom. The Bertz CT molecular complexity index is 395. The van der Waals surface area contributed by atoms with Crippen molar-refractivity contribution in [3.05, 3.63) is 29.6 Å². The van der Waals surface area contributed by atoms with Gasteiger partial charge in [0.05, 0.1) is 0 Å². The van der Waals surface area contributed by atoms with E-state index >= 15 is 0 Å². The third kappa shape index (κ3) is 3.02. The molecule has 1 saturated heterocycles. The molecule has 0 spiro atoms. The first kappa shape index (κ1) is 13.3. The van der Waals surface area contributed by atoms with E-state index in [1.165, 1.54) is 12.1 Å². The third-order valence-electron chi connectivity index (χ3n) is 3.62. The summed E-state index contributed by atoms with van der Waals surface area (Å²) in [6.07, 6.45) is 1.29. The first-order chi connectivity index (χ1) is 8.60. The topological polar surface area (TPSA) is 15.3 Å². The van der Waals surface area contributed by atoms with Gasteiger partial charge in [0.25, 0.3) is 0 Å². The second kappa shape index (κ2) is 5.70. The summed E-state index contributed by atoms with van der Waals surface area (Å²) < 4.78 is 13.3. The molecule has 0 aromatic heterocycles. The van der Waals surface area contributed by atoms with Gasteiger partial charge in [0.15, 0.2) is 0 Å². The van der Waals surface area contributed by atoms with Crippen LogP contribution >= 0.6 is 0 Å². The number of anilines is 1. The van der Waals surface area contributed by atoms with Crippen LogP contribution in [-0.4, -0.2) is 20.1 Å². The molecule has 0 aliphatic carbocycles. The minimum absolute atomic E-state index is 0.151. The quantitative estimate of drug-likeness (QED) is 0.887. The van der Waals surface area contributed by atoms with Gasteiger partial charge in [0.2, 0.25) is 0 Å². The lowest BCUT2D eigenvalue weighted by molar-refractivity contribution is 0.356. The van der Waals surface area contributed by atoms with Gasteiger partial charge in [0.1, 0.15) is 5.82 Å². The van der Waals surface area contributed by atoms with E-state index in [0.29, 0.717) is 18.4 Å². The lowest BCUT2D eigenvalue weighted by atomic mass is 9.91. The van der Waals surface area contributed by atoms with Crippen molar-refractivity contribution in [3.8, 4) is 0 Å². The van der Waals surface area contributed by atoms with Gasteiger partial charge < -0.3 is 10.2 Å². The van der Waals surface area contributed by atoms with E-state index in [2.05, 4.69) is 24.1 Å². The number of rotatable bonds is 3. The van der Waals surface area contributed by atoms with Crippen molar-refractivity contribution in [2.24, 2.45) is 11.8 Å². The van der Waals surface area contributed by atoms with E-state index in [-0.39, 0.29) is 5.82 Å². The molecule has 100 valence electrons. The van der Waals surface area contributed by atoms with Gasteiger partial charge in [0, 0.05) is 25.3 Å². The maximum atomic E-state index is 13.3. The van der Waals surface area contributed by atoms with Gasteiger partial charge in [-0.1, -0.05) is 13.8 Å². The van der Waals surface area contributed by atoms with E-state index < -0.39 is 0 Å². The molecule has 1 aliphatic heterocycles. The fourth-order valence-corrected chi connectivity index (χ4v) is 3.05. The molecule has 1 aliphatic rings. The summed E-state index contributed by atoms with van der Waals surface area (Å²) in [5.41, 5.74) is 2.24. The predicted molar refractivity (Wildman–Crippen MR) is 74.3 cm³/mol. The molecule has 2 rings (SSSR count). The van der Waals surface area contributed by atoms with Gasteiger partial charge in [-0.15, -0.1) is 0 Å². The average Bonchev–Trinajstić information content (AvgIpc) is 2.28. The lowest BCUT2D eigenvalue weighted by Gasteiger charge is -2.37. The van der Waals surface area contributed by atoms with E-state index in [4.69, 9.17) is 0 Å². The Morgan fingerprint density at radius 1 is 1.28 bits per heavy atom. The molecule has 0 radical (unpaired) electrons. The van der Waals surface area contributed by atoms with E-state index in [9.17, 15) is 4.39 Å². The Balaban J connectivity index is 2.25. The van der Waals surface area contributed by atoms with Crippen molar-refractivity contribution in [1.29, 1.82) is 0 Å². The van der Waals surface area contributed by atoms with Crippen LogP contribution in [0.1, 0.15) is 25.8 Å². The molecule has 0 saturated carbocycles. The molecule has 1 N–H and O–H groups in total. The van der Waals surface area contributed by atoms with Crippen LogP contribution in [0.3, 0.4) is 0 Å². The van der Waals surface area contributed by atoms with Crippen molar-refractivity contribution in [2.45, 2.75) is 26.8 Å². The van der Waals surface area contributed by atoms with Crippen molar-refractivity contribution in [3.63, 3.8) is 0 Å². The minimum Gasteiger partial charge on any atom is -0.371 e. The number of hydrogen-bond donors (Lipinski definition) is 1. The molecule has 1 heterocycles. The molecule has 1 aromatic rings. The standard InChI is InChI=1S/C15H23FN2/c1-11-6-12(2)10-18(9-11)15-5-4-14(16)7-13(15)8-17-3/h4-5,7,11-12,17H,6,8-10H2,1-3H3. The monoisotopic (exact) mass is 250 g/mol. The second-order valence-corrected chi connectivity index (χ2v) is 5.65. The van der Waals surface area contributed by atoms with Crippen LogP contribution in [0.4, 0.5) is 10.1 Å². The van der Waals surface area contributed by atoms with Crippen LogP contribution in [0.5, 0.6) is 0 Å². The molecule has 3 heteroatoms. The summed E-state index contributed by atoms with van der Waals surface area (Å²) in [5, 5.41) is 3.12. The number of benzene rings is 1. The van der Waals surface area contributed by atoms with Crippen LogP contribution in [0, 0.1) is 17.7 Å². The molecule has 2 unspecified atom stereocenters. The smallest absolute Gasteiger partial charge is 0.123 e. The summed E-state index contributed by atoms with van der Waals surface area (Å²) in [5.74, 6) is 1.27. The van der Waals surface area contributed by atoms with E-state index in [1.54, 1.807) is 12.1 Å². The van der Waals surface area contributed by atoms with E-state index in [0.717, 1.165) is 18.7 Å². The summed E-state index contributed by atoms with van der Waals surface area (Å²) in [6, 6.07) is 5.14. The fourth-order valence-electron chi connectivity index (χ4n) is 3.05. The Hall–Kier alpha value is -1.09. The Kier molecular flexibility index (Phi) is 4.23. The van der Waals surface area contributed by atoms with Crippen LogP contribution < -0.4 is 10.2 Å². The van der Waals surface area contributed by atoms with Crippen LogP contribution in [-0.2, 0) is 6.54 Å². The second-order valence-electron chi connectivity index (χ2n) is 5.65. The zero-order chi connectivity index (χ0) is 13.1. The lowest BCUT2D eigenvalue weighted by Crippen LogP contribution is -2.39. The number of nitrogens with one attached hydrogen (secondary N) is 1. The largest absolute Gasteiger partial charge is 0.371 e. The van der Waals surface area contributed by atoms with Gasteiger partial charge >= 0.3 is 0 Å². The highest BCUT2D eigenvalue weighted by molar-refractivity contribution is 5.54. The zero-order valence-electron chi connectivity index (χ0n) is 11.5. The number of nitrogens with zero attached hydrogens (tertiary/aromatic N) is 1. The highest BCUT2D eigenvalue weighted by Gasteiger charge is 2.23. The van der Waals surface area contributed by atoms with Crippen molar-refractivity contribution >= 4 is 5.69 Å². The fraction of sp³-hybridized carbons (Fsp3) is 0.600. The van der Waals surface area contributed by atoms with Crippen LogP contribution in [0.2, 0.25) is 0 Å². The molecule has 18 heavy (non-hydrogen) atoms. The molecular weight excluding hydrogens is 227 g/mol. The Morgan fingerprint density at radius 2 is 1.94 bits per heavy atom. The summed E-state index contributed by atoms with van der Waals surface area (Å²) in [6.45, 7) is 7.46. The Labute approximate surface area is 109 Å². The average molecular weight is 250 g/mol. The van der Waals surface area contributed by atoms with E-state index in [1.807, 2.05) is 13.1 Å². The number of piperidine rings is 1. The van der Waals surface area contributed by atoms with Gasteiger partial charge in [-0.25, -0.2) is 4.39 Å². The predicted octanol–water partition coefficient (Wildman–Crippen LogP) is 3.03. The molecule has 0 amide bonds. The first-order valence-electron chi connectivity index (χ1n) is 6.78. The molecule has 0 bridgehead atoms. The van der Waals surface area contributed by atoms with Crippen molar-refractivity contribution in [1.82, 2.24) is 5.32 Å². The molecule has 1 fully saturated rings. The summed E-state index contributed by atoms with van der Waals surface area (Å²) in [4.78, 5) is 2.41. The van der Waals surface area contributed by atoms with Gasteiger partial charge in [-0.3, -0.25) is 0 Å². The highest BCUT2D eigenvalue weighted by atomic mass is 19.1. The molecule has 2 atom stereocenters. The highest BCUT2D eigenvalue weighted by Crippen LogP contribution is 2.29.